The number of halogens is 3. The Morgan fingerprint density at radius 3 is 2.31 bits per heavy atom. The third-order valence-electron chi connectivity index (χ3n) is 7.74. The Hall–Kier alpha value is -2.67. The number of likely N-dealkylation sites (tertiary alicyclic amines) is 1. The summed E-state index contributed by atoms with van der Waals surface area (Å²) in [6.07, 6.45) is 6.27. The van der Waals surface area contributed by atoms with Crippen LogP contribution < -0.4 is 4.74 Å². The van der Waals surface area contributed by atoms with Crippen molar-refractivity contribution >= 4 is 10.8 Å². The van der Waals surface area contributed by atoms with Crippen LogP contribution in [0.3, 0.4) is 0 Å². The normalized spacial score (nSPS) is 18.5. The van der Waals surface area contributed by atoms with Crippen LogP contribution in [-0.2, 0) is 13.0 Å². The van der Waals surface area contributed by atoms with Crippen LogP contribution >= 0.6 is 0 Å². The molecule has 4 nitrogen and oxygen atoms in total. The molecule has 2 heterocycles. The SMILES string of the molecule is Cc1cc(CC2CCN(C3CCCC3)CC2)cc2cn(Cc3ccc(OC(F)(F)F)cc3)c(O)c12. The average molecular weight is 487 g/mol. The number of ether oxygens (including phenoxy) is 1. The summed E-state index contributed by atoms with van der Waals surface area (Å²) < 4.78 is 42.9. The highest BCUT2D eigenvalue weighted by Crippen LogP contribution is 2.34. The van der Waals surface area contributed by atoms with E-state index in [2.05, 4.69) is 21.8 Å². The van der Waals surface area contributed by atoms with Crippen LogP contribution in [0, 0.1) is 12.8 Å². The number of aromatic nitrogens is 1. The fraction of sp³-hybridized carbons (Fsp3) is 0.500. The number of hydrogen-bond donors (Lipinski definition) is 1. The first-order valence-corrected chi connectivity index (χ1v) is 12.7. The van der Waals surface area contributed by atoms with Gasteiger partial charge in [-0.05, 0) is 92.9 Å². The van der Waals surface area contributed by atoms with Gasteiger partial charge in [-0.3, -0.25) is 0 Å². The maximum absolute atomic E-state index is 12.4. The first-order valence-electron chi connectivity index (χ1n) is 12.7. The fourth-order valence-electron chi connectivity index (χ4n) is 6.03. The van der Waals surface area contributed by atoms with Crippen molar-refractivity contribution in [2.24, 2.45) is 5.92 Å². The van der Waals surface area contributed by atoms with E-state index in [9.17, 15) is 18.3 Å². The lowest BCUT2D eigenvalue weighted by Crippen LogP contribution is -2.40. The van der Waals surface area contributed by atoms with Crippen LogP contribution in [0.2, 0.25) is 0 Å². The van der Waals surface area contributed by atoms with Gasteiger partial charge in [0.1, 0.15) is 5.75 Å². The van der Waals surface area contributed by atoms with Crippen LogP contribution in [-0.4, -0.2) is 40.1 Å². The minimum atomic E-state index is -4.71. The van der Waals surface area contributed by atoms with E-state index in [1.165, 1.54) is 69.3 Å². The van der Waals surface area contributed by atoms with Crippen LogP contribution in [0.15, 0.2) is 42.6 Å². The smallest absolute Gasteiger partial charge is 0.494 e. The summed E-state index contributed by atoms with van der Waals surface area (Å²) in [5.41, 5.74) is 3.13. The van der Waals surface area contributed by atoms with Crippen molar-refractivity contribution in [3.63, 3.8) is 0 Å². The molecule has 0 unspecified atom stereocenters. The molecule has 0 bridgehead atoms. The molecule has 0 atom stereocenters. The van der Waals surface area contributed by atoms with E-state index in [4.69, 9.17) is 0 Å². The summed E-state index contributed by atoms with van der Waals surface area (Å²) in [6, 6.07) is 10.9. The molecular formula is C28H33F3N2O2. The number of fused-ring (bicyclic) bond motifs is 1. The van der Waals surface area contributed by atoms with E-state index in [0.717, 1.165) is 34.4 Å². The highest BCUT2D eigenvalue weighted by atomic mass is 19.4. The second-order valence-corrected chi connectivity index (χ2v) is 10.3. The van der Waals surface area contributed by atoms with E-state index in [0.29, 0.717) is 12.5 Å². The van der Waals surface area contributed by atoms with Gasteiger partial charge in [-0.1, -0.05) is 31.0 Å². The van der Waals surface area contributed by atoms with Crippen molar-refractivity contribution in [1.29, 1.82) is 0 Å². The number of alkyl halides is 3. The van der Waals surface area contributed by atoms with Crippen molar-refractivity contribution in [2.75, 3.05) is 13.1 Å². The molecule has 5 rings (SSSR count). The van der Waals surface area contributed by atoms with Crippen molar-refractivity contribution in [3.8, 4) is 11.6 Å². The summed E-state index contributed by atoms with van der Waals surface area (Å²) in [5, 5.41) is 12.7. The molecular weight excluding hydrogens is 453 g/mol. The van der Waals surface area contributed by atoms with E-state index >= 15 is 0 Å². The van der Waals surface area contributed by atoms with E-state index in [-0.39, 0.29) is 11.6 Å². The molecule has 0 amide bonds. The van der Waals surface area contributed by atoms with E-state index < -0.39 is 6.36 Å². The Bertz CT molecular complexity index is 1160. The maximum Gasteiger partial charge on any atom is 0.573 e. The maximum atomic E-state index is 12.4. The van der Waals surface area contributed by atoms with Crippen LogP contribution in [0.5, 0.6) is 11.6 Å². The van der Waals surface area contributed by atoms with Gasteiger partial charge < -0.3 is 19.3 Å². The number of aromatic hydroxyl groups is 1. The van der Waals surface area contributed by atoms with Gasteiger partial charge >= 0.3 is 6.36 Å². The molecule has 1 saturated carbocycles. The monoisotopic (exact) mass is 486 g/mol. The molecule has 1 saturated heterocycles. The molecule has 0 spiro atoms. The lowest BCUT2D eigenvalue weighted by molar-refractivity contribution is -0.274. The summed E-state index contributed by atoms with van der Waals surface area (Å²) in [7, 11) is 0. The van der Waals surface area contributed by atoms with Crippen LogP contribution in [0.1, 0.15) is 55.2 Å². The molecule has 2 aliphatic rings. The van der Waals surface area contributed by atoms with Crippen molar-refractivity contribution in [3.05, 3.63) is 59.3 Å². The standard InChI is InChI=1S/C28H33F3N2O2/c1-19-14-22(15-20-10-12-32(13-11-20)24-4-2-3-5-24)16-23-18-33(27(34)26(19)23)17-21-6-8-25(9-7-21)35-28(29,30)31/h6-9,14,16,18,20,24,34H,2-5,10-13,15,17H2,1H3. The zero-order valence-corrected chi connectivity index (χ0v) is 20.2. The van der Waals surface area contributed by atoms with Crippen LogP contribution in [0.4, 0.5) is 13.2 Å². The highest BCUT2D eigenvalue weighted by molar-refractivity contribution is 5.91. The largest absolute Gasteiger partial charge is 0.573 e. The number of aryl methyl sites for hydroxylation is 1. The predicted molar refractivity (Wildman–Crippen MR) is 131 cm³/mol. The quantitative estimate of drug-likeness (QED) is 0.416. The van der Waals surface area contributed by atoms with Crippen molar-refractivity contribution in [2.45, 2.75) is 70.8 Å². The number of benzene rings is 2. The Morgan fingerprint density at radius 2 is 1.66 bits per heavy atom. The topological polar surface area (TPSA) is 37.6 Å². The fourth-order valence-corrected chi connectivity index (χ4v) is 6.03. The molecule has 3 aromatic rings. The second kappa shape index (κ2) is 9.76. The molecule has 2 fully saturated rings. The van der Waals surface area contributed by atoms with Crippen molar-refractivity contribution in [1.82, 2.24) is 9.47 Å². The third-order valence-corrected chi connectivity index (χ3v) is 7.74. The number of hydrogen-bond acceptors (Lipinski definition) is 3. The third kappa shape index (κ3) is 5.61. The zero-order valence-electron chi connectivity index (χ0n) is 20.2. The number of nitrogens with zero attached hydrogens (tertiary/aromatic N) is 2. The minimum Gasteiger partial charge on any atom is -0.494 e. The number of rotatable bonds is 6. The van der Waals surface area contributed by atoms with Gasteiger partial charge in [0.05, 0.1) is 6.54 Å². The van der Waals surface area contributed by atoms with Gasteiger partial charge in [0.15, 0.2) is 5.88 Å². The van der Waals surface area contributed by atoms with E-state index in [1.54, 1.807) is 16.7 Å². The first kappa shape index (κ1) is 24.0. The molecule has 35 heavy (non-hydrogen) atoms. The lowest BCUT2D eigenvalue weighted by atomic mass is 9.88. The van der Waals surface area contributed by atoms with Gasteiger partial charge in [0.25, 0.3) is 0 Å². The first-order chi connectivity index (χ1) is 16.7. The summed E-state index contributed by atoms with van der Waals surface area (Å²) in [6.45, 7) is 4.81. The Morgan fingerprint density at radius 1 is 0.971 bits per heavy atom. The van der Waals surface area contributed by atoms with Gasteiger partial charge in [-0.2, -0.15) is 0 Å². The highest BCUT2D eigenvalue weighted by Gasteiger charge is 2.31. The molecule has 7 heteroatoms. The van der Waals surface area contributed by atoms with Gasteiger partial charge in [0, 0.05) is 23.0 Å². The van der Waals surface area contributed by atoms with Gasteiger partial charge in [0.2, 0.25) is 0 Å². The summed E-state index contributed by atoms with van der Waals surface area (Å²) in [5.74, 6) is 0.625. The molecule has 2 aromatic carbocycles. The molecule has 0 radical (unpaired) electrons. The zero-order chi connectivity index (χ0) is 24.6. The lowest BCUT2D eigenvalue weighted by Gasteiger charge is -2.36. The van der Waals surface area contributed by atoms with Gasteiger partial charge in [-0.25, -0.2) is 0 Å². The molecule has 1 aliphatic heterocycles. The molecule has 1 aliphatic carbocycles. The second-order valence-electron chi connectivity index (χ2n) is 10.3. The van der Waals surface area contributed by atoms with Gasteiger partial charge in [-0.15, -0.1) is 13.2 Å². The molecule has 1 N–H and O–H groups in total. The summed E-state index contributed by atoms with van der Waals surface area (Å²) >= 11 is 0. The predicted octanol–water partition coefficient (Wildman–Crippen LogP) is 6.80. The summed E-state index contributed by atoms with van der Waals surface area (Å²) in [4.78, 5) is 2.71. The average Bonchev–Trinajstić information content (AvgIpc) is 3.44. The Kier molecular flexibility index (Phi) is 6.71. The molecule has 1 aromatic heterocycles. The van der Waals surface area contributed by atoms with Crippen molar-refractivity contribution < 1.29 is 23.0 Å². The Labute approximate surface area is 204 Å². The Balaban J connectivity index is 1.26. The molecule has 188 valence electrons. The minimum absolute atomic E-state index is 0.185. The number of piperidine rings is 1. The van der Waals surface area contributed by atoms with Crippen LogP contribution in [0.25, 0.3) is 10.8 Å². The van der Waals surface area contributed by atoms with E-state index in [1.807, 2.05) is 13.1 Å².